The summed E-state index contributed by atoms with van der Waals surface area (Å²) in [6.07, 6.45) is 18.5. The lowest BCUT2D eigenvalue weighted by Gasteiger charge is -2.32. The second-order valence-corrected chi connectivity index (χ2v) is 15.7. The van der Waals surface area contributed by atoms with Gasteiger partial charge in [-0.15, -0.1) is 0 Å². The molecule has 13 nitrogen and oxygen atoms in total. The molecule has 0 aromatic carbocycles. The van der Waals surface area contributed by atoms with Crippen LogP contribution in [-0.4, -0.2) is 160 Å². The Labute approximate surface area is 327 Å². The molecular weight excluding hydrogens is 692 g/mol. The molecule has 0 bridgehead atoms. The van der Waals surface area contributed by atoms with Crippen molar-refractivity contribution in [2.75, 3.05) is 99.3 Å². The summed E-state index contributed by atoms with van der Waals surface area (Å²) in [7, 11) is 1.69. The first-order valence-corrected chi connectivity index (χ1v) is 21.4. The predicted octanol–water partition coefficient (Wildman–Crippen LogP) is 5.18. The third kappa shape index (κ3) is 22.8. The smallest absolute Gasteiger partial charge is 0.410 e. The summed E-state index contributed by atoms with van der Waals surface area (Å²) < 4.78 is 26.4. The Kier molecular flexibility index (Phi) is 27.5. The highest BCUT2D eigenvalue weighted by Crippen LogP contribution is 2.25. The monoisotopic (exact) mass is 773 g/mol. The van der Waals surface area contributed by atoms with Gasteiger partial charge >= 0.3 is 6.09 Å². The van der Waals surface area contributed by atoms with Crippen LogP contribution in [0.25, 0.3) is 0 Å². The van der Waals surface area contributed by atoms with E-state index in [0.29, 0.717) is 70.4 Å². The summed E-state index contributed by atoms with van der Waals surface area (Å²) >= 11 is 0. The molecule has 0 unspecified atom stereocenters. The molecule has 0 aromatic rings. The van der Waals surface area contributed by atoms with Crippen LogP contribution in [0.4, 0.5) is 4.79 Å². The minimum atomic E-state index is -0.396. The molecule has 0 spiro atoms. The lowest BCUT2D eigenvalue weighted by atomic mass is 9.92. The topological polar surface area (TPSA) is 155 Å². The molecule has 2 heterocycles. The summed E-state index contributed by atoms with van der Waals surface area (Å²) in [6.45, 7) is 14.2. The second-order valence-electron chi connectivity index (χ2n) is 15.7. The summed E-state index contributed by atoms with van der Waals surface area (Å²) in [5, 5.41) is 30.4. The number of likely N-dealkylation sites (tertiary alicyclic amines) is 1. The van der Waals surface area contributed by atoms with Crippen LogP contribution in [0, 0.1) is 5.92 Å². The van der Waals surface area contributed by atoms with Crippen LogP contribution < -0.4 is 5.32 Å². The first kappa shape index (κ1) is 48.6. The minimum Gasteiger partial charge on any atom is -0.443 e. The molecule has 54 heavy (non-hydrogen) atoms. The number of nitrogens with zero attached hydrogens (tertiary/aromatic N) is 3. The van der Waals surface area contributed by atoms with Gasteiger partial charge in [-0.25, -0.2) is 4.79 Å². The number of hydrogen-bond acceptors (Lipinski definition) is 11. The highest BCUT2D eigenvalue weighted by molar-refractivity contribution is 5.85. The number of nitrogens with one attached hydrogen (secondary N) is 1. The number of aliphatic hydroxyl groups excluding tert-OH is 3. The fourth-order valence-corrected chi connectivity index (χ4v) is 7.00. The number of aliphatic hydroxyl groups is 3. The van der Waals surface area contributed by atoms with Gasteiger partial charge in [-0.3, -0.25) is 9.89 Å². The van der Waals surface area contributed by atoms with Crippen LogP contribution >= 0.6 is 0 Å². The second kappa shape index (κ2) is 30.5. The van der Waals surface area contributed by atoms with E-state index >= 15 is 0 Å². The van der Waals surface area contributed by atoms with Crippen molar-refractivity contribution in [3.63, 3.8) is 0 Å². The lowest BCUT2D eigenvalue weighted by Crippen LogP contribution is -2.43. The van der Waals surface area contributed by atoms with Gasteiger partial charge in [-0.2, -0.15) is 0 Å². The normalized spacial score (nSPS) is 19.9. The van der Waals surface area contributed by atoms with Crippen molar-refractivity contribution in [2.45, 2.75) is 147 Å². The zero-order chi connectivity index (χ0) is 39.3. The Balaban J connectivity index is 0.000000285. The summed E-state index contributed by atoms with van der Waals surface area (Å²) in [5.74, 6) is 1.97. The maximum atomic E-state index is 11.7. The van der Waals surface area contributed by atoms with Gasteiger partial charge < -0.3 is 49.2 Å². The Morgan fingerprint density at radius 1 is 0.815 bits per heavy atom. The van der Waals surface area contributed by atoms with E-state index in [0.717, 1.165) is 65.1 Å². The largest absolute Gasteiger partial charge is 0.443 e. The number of carbonyl (C=O) groups is 1. The lowest BCUT2D eigenvalue weighted by molar-refractivity contribution is -0.000757. The van der Waals surface area contributed by atoms with Crippen molar-refractivity contribution < 1.29 is 43.8 Å². The van der Waals surface area contributed by atoms with Crippen LogP contribution in [0.3, 0.4) is 0 Å². The molecule has 0 atom stereocenters. The number of amidine groups is 1. The molecule has 0 aromatic heterocycles. The first-order chi connectivity index (χ1) is 26.2. The molecule has 2 saturated heterocycles. The number of ether oxygens (including phenoxy) is 5. The minimum absolute atomic E-state index is 0.0588. The maximum absolute atomic E-state index is 11.7. The highest BCUT2D eigenvalue weighted by atomic mass is 16.6. The molecule has 4 aliphatic rings. The van der Waals surface area contributed by atoms with Crippen molar-refractivity contribution in [3.05, 3.63) is 0 Å². The van der Waals surface area contributed by atoms with Gasteiger partial charge in [0, 0.05) is 71.6 Å². The van der Waals surface area contributed by atoms with E-state index < -0.39 is 5.60 Å². The summed E-state index contributed by atoms with van der Waals surface area (Å²) in [5.41, 5.74) is -0.396. The number of aliphatic imine (C=N–C) groups is 1. The van der Waals surface area contributed by atoms with Crippen LogP contribution in [0.5, 0.6) is 0 Å². The number of hydrogen-bond donors (Lipinski definition) is 4. The third-order valence-electron chi connectivity index (χ3n) is 10.8. The van der Waals surface area contributed by atoms with Gasteiger partial charge in [0.25, 0.3) is 0 Å². The SMILES string of the molecule is C1CCC(N=C(NC2CCCCC2)C2CCOCC2)CC1.CCC(C)(C)OC(=O)N1CCC(O)CC1.COCCCN(CCOCCO)CCOCCO. The first-order valence-electron chi connectivity index (χ1n) is 21.4. The summed E-state index contributed by atoms with van der Waals surface area (Å²) in [4.78, 5) is 20.8. The van der Waals surface area contributed by atoms with Crippen LogP contribution in [0.1, 0.15) is 124 Å². The average molecular weight is 773 g/mol. The number of methoxy groups -OCH3 is 1. The van der Waals surface area contributed by atoms with Crippen molar-refractivity contribution in [1.82, 2.24) is 15.1 Å². The van der Waals surface area contributed by atoms with Crippen molar-refractivity contribution in [2.24, 2.45) is 10.9 Å². The third-order valence-corrected chi connectivity index (χ3v) is 10.8. The average Bonchev–Trinajstić information content (AvgIpc) is 3.19. The van der Waals surface area contributed by atoms with Gasteiger partial charge in [0.15, 0.2) is 0 Å². The van der Waals surface area contributed by atoms with E-state index in [1.54, 1.807) is 12.0 Å². The zero-order valence-corrected chi connectivity index (χ0v) is 34.7. The van der Waals surface area contributed by atoms with Crippen molar-refractivity contribution in [3.8, 4) is 0 Å². The van der Waals surface area contributed by atoms with Crippen molar-refractivity contribution in [1.29, 1.82) is 0 Å². The Morgan fingerprint density at radius 2 is 1.39 bits per heavy atom. The van der Waals surface area contributed by atoms with Crippen LogP contribution in [0.2, 0.25) is 0 Å². The van der Waals surface area contributed by atoms with Crippen LogP contribution in [0.15, 0.2) is 4.99 Å². The van der Waals surface area contributed by atoms with Gasteiger partial charge in [0.2, 0.25) is 0 Å². The van der Waals surface area contributed by atoms with E-state index in [-0.39, 0.29) is 25.4 Å². The Hall–Kier alpha value is -1.58. The highest BCUT2D eigenvalue weighted by Gasteiger charge is 2.28. The molecule has 2 aliphatic heterocycles. The van der Waals surface area contributed by atoms with E-state index in [1.807, 2.05) is 20.8 Å². The van der Waals surface area contributed by atoms with Gasteiger partial charge in [0.05, 0.1) is 51.8 Å². The maximum Gasteiger partial charge on any atom is 0.410 e. The molecule has 4 N–H and O–H groups in total. The molecular formula is C41H80N4O9. The number of amides is 1. The molecule has 13 heteroatoms. The molecule has 0 radical (unpaired) electrons. The summed E-state index contributed by atoms with van der Waals surface area (Å²) in [6, 6.07) is 1.27. The van der Waals surface area contributed by atoms with E-state index in [4.69, 9.17) is 38.9 Å². The number of carbonyl (C=O) groups excluding carboxylic acids is 1. The molecule has 4 fully saturated rings. The number of piperidine rings is 1. The van der Waals surface area contributed by atoms with Gasteiger partial charge in [-0.05, 0) is 78.1 Å². The number of rotatable bonds is 19. The Morgan fingerprint density at radius 3 is 1.93 bits per heavy atom. The van der Waals surface area contributed by atoms with E-state index in [9.17, 15) is 9.90 Å². The molecule has 2 aliphatic carbocycles. The van der Waals surface area contributed by atoms with Crippen molar-refractivity contribution >= 4 is 11.9 Å². The molecule has 2 saturated carbocycles. The predicted molar refractivity (Wildman–Crippen MR) is 214 cm³/mol. The van der Waals surface area contributed by atoms with E-state index in [1.165, 1.54) is 70.0 Å². The zero-order valence-electron chi connectivity index (χ0n) is 34.7. The molecule has 1 amide bonds. The van der Waals surface area contributed by atoms with Gasteiger partial charge in [-0.1, -0.05) is 45.4 Å². The fraction of sp³-hybridized carbons (Fsp3) is 0.951. The standard InChI is InChI=1S/C18H32N2O.C12H27NO5.C11H21NO3/c1-3-7-16(8-4-1)19-18(15-11-13-21-14-12-15)20-17-9-5-2-6-10-17;1-16-8-2-3-13(4-9-17-11-6-14)5-10-18-12-7-15;1-4-11(2,3)15-10(14)12-7-5-9(13)6-8-12/h15-17H,1-14H2,(H,19,20);14-15H,2-12H2,1H3;9,13H,4-8H2,1-3H3. The van der Waals surface area contributed by atoms with E-state index in [2.05, 4.69) is 10.2 Å². The molecule has 4 rings (SSSR count). The fourth-order valence-electron chi connectivity index (χ4n) is 7.00. The van der Waals surface area contributed by atoms with Gasteiger partial charge in [0.1, 0.15) is 11.4 Å². The quantitative estimate of drug-likeness (QED) is 0.0781. The Bertz CT molecular complexity index is 922. The van der Waals surface area contributed by atoms with Crippen LogP contribution in [-0.2, 0) is 23.7 Å². The molecule has 318 valence electrons.